The predicted octanol–water partition coefficient (Wildman–Crippen LogP) is 11.2. The summed E-state index contributed by atoms with van der Waals surface area (Å²) in [6.45, 7) is 43.5. The molecule has 4 fully saturated rings. The smallest absolute Gasteiger partial charge is 0.232 e. The standard InChI is InChI=1S/C58H100N14/c1-13-33-67(34-14-2)49-59-51(69-37-27-25-28-38-69)63-53(61-49)71(47-43-55(5,6)65-56(7,8)44-47)41-31-23-21-19-17-18-20-22-24-32-42-72(48-45-57(9,10)66-58(11,12)46-48)54-62-50(68(35-15-3)36-16-4)60-52(64-54)70-39-29-26-30-40-70/h13-16,47-48,65-66H,1-4,17-46H2,5-12H3. The first kappa shape index (κ1) is 57.0. The minimum atomic E-state index is 0.00263. The van der Waals surface area contributed by atoms with E-state index in [4.69, 9.17) is 29.9 Å². The first-order valence-corrected chi connectivity index (χ1v) is 28.5. The lowest BCUT2D eigenvalue weighted by Gasteiger charge is -2.49. The van der Waals surface area contributed by atoms with E-state index < -0.39 is 0 Å². The van der Waals surface area contributed by atoms with Crippen LogP contribution in [0.2, 0.25) is 0 Å². The molecule has 0 aliphatic carbocycles. The molecule has 4 aliphatic heterocycles. The van der Waals surface area contributed by atoms with Crippen LogP contribution >= 0.6 is 0 Å². The first-order chi connectivity index (χ1) is 34.4. The molecule has 2 aromatic heterocycles. The van der Waals surface area contributed by atoms with Gasteiger partial charge in [-0.3, -0.25) is 0 Å². The van der Waals surface area contributed by atoms with Crippen molar-refractivity contribution in [1.82, 2.24) is 40.5 Å². The Kier molecular flexibility index (Phi) is 21.2. The molecule has 14 heteroatoms. The molecule has 0 aromatic carbocycles. The van der Waals surface area contributed by atoms with E-state index in [1.807, 2.05) is 24.3 Å². The zero-order chi connectivity index (χ0) is 51.8. The maximum atomic E-state index is 5.31. The Morgan fingerprint density at radius 2 is 0.694 bits per heavy atom. The molecule has 0 bridgehead atoms. The van der Waals surface area contributed by atoms with Crippen LogP contribution < -0.4 is 40.0 Å². The molecule has 14 nitrogen and oxygen atoms in total. The Balaban J connectivity index is 1.05. The van der Waals surface area contributed by atoms with Crippen LogP contribution in [0.1, 0.15) is 184 Å². The quantitative estimate of drug-likeness (QED) is 0.0594. The van der Waals surface area contributed by atoms with Crippen molar-refractivity contribution in [3.8, 4) is 0 Å². The maximum absolute atomic E-state index is 5.31. The number of hydrogen-bond donors (Lipinski definition) is 2. The van der Waals surface area contributed by atoms with E-state index in [0.717, 1.165) is 113 Å². The van der Waals surface area contributed by atoms with Crippen LogP contribution in [0.5, 0.6) is 0 Å². The second kappa shape index (κ2) is 26.8. The van der Waals surface area contributed by atoms with Crippen LogP contribution in [0.25, 0.3) is 0 Å². The Morgan fingerprint density at radius 3 is 0.986 bits per heavy atom. The Morgan fingerprint density at radius 1 is 0.417 bits per heavy atom. The molecule has 4 saturated heterocycles. The van der Waals surface area contributed by atoms with Crippen LogP contribution in [-0.4, -0.2) is 130 Å². The predicted molar refractivity (Wildman–Crippen MR) is 306 cm³/mol. The number of aromatic nitrogens is 6. The summed E-state index contributed by atoms with van der Waals surface area (Å²) in [6.07, 6.45) is 31.4. The van der Waals surface area contributed by atoms with Crippen LogP contribution in [0.15, 0.2) is 50.6 Å². The topological polar surface area (TPSA) is 121 Å². The van der Waals surface area contributed by atoms with E-state index in [1.54, 1.807) is 0 Å². The number of rotatable bonds is 29. The minimum absolute atomic E-state index is 0.00263. The lowest BCUT2D eigenvalue weighted by atomic mass is 9.79. The van der Waals surface area contributed by atoms with Gasteiger partial charge in [0.05, 0.1) is 0 Å². The average molecular weight is 994 g/mol. The lowest BCUT2D eigenvalue weighted by molar-refractivity contribution is 0.157. The molecule has 0 saturated carbocycles. The minimum Gasteiger partial charge on any atom is -0.341 e. The van der Waals surface area contributed by atoms with Gasteiger partial charge in [-0.2, -0.15) is 29.9 Å². The highest BCUT2D eigenvalue weighted by Gasteiger charge is 2.42. The molecule has 2 aromatic rings. The summed E-state index contributed by atoms with van der Waals surface area (Å²) in [5.41, 5.74) is 0.0105. The Bertz CT molecular complexity index is 1810. The first-order valence-electron chi connectivity index (χ1n) is 28.5. The van der Waals surface area contributed by atoms with E-state index in [2.05, 4.69) is 122 Å². The average Bonchev–Trinajstić information content (AvgIpc) is 3.32. The van der Waals surface area contributed by atoms with E-state index in [1.165, 1.54) is 89.9 Å². The van der Waals surface area contributed by atoms with Gasteiger partial charge in [0.2, 0.25) is 35.7 Å². The molecule has 0 atom stereocenters. The Hall–Kier alpha value is -4.30. The summed E-state index contributed by atoms with van der Waals surface area (Å²) in [5, 5.41) is 7.85. The zero-order valence-corrected chi connectivity index (χ0v) is 46.9. The van der Waals surface area contributed by atoms with Crippen molar-refractivity contribution in [2.45, 2.75) is 218 Å². The highest BCUT2D eigenvalue weighted by atomic mass is 15.4. The molecule has 72 heavy (non-hydrogen) atoms. The van der Waals surface area contributed by atoms with Crippen LogP contribution in [0.3, 0.4) is 0 Å². The van der Waals surface area contributed by atoms with Crippen molar-refractivity contribution in [2.75, 3.05) is 94.8 Å². The fourth-order valence-electron chi connectivity index (χ4n) is 12.6. The number of nitrogens with zero attached hydrogens (tertiary/aromatic N) is 12. The zero-order valence-electron chi connectivity index (χ0n) is 46.9. The summed E-state index contributed by atoms with van der Waals surface area (Å²) >= 11 is 0. The van der Waals surface area contributed by atoms with Gasteiger partial charge in [0.1, 0.15) is 0 Å². The summed E-state index contributed by atoms with van der Waals surface area (Å²) in [5.74, 6) is 4.71. The van der Waals surface area contributed by atoms with E-state index in [9.17, 15) is 0 Å². The molecule has 402 valence electrons. The highest BCUT2D eigenvalue weighted by Crippen LogP contribution is 2.36. The van der Waals surface area contributed by atoms with Crippen LogP contribution in [-0.2, 0) is 0 Å². The summed E-state index contributed by atoms with van der Waals surface area (Å²) < 4.78 is 0. The third-order valence-electron chi connectivity index (χ3n) is 15.2. The number of nitrogens with one attached hydrogen (secondary N) is 2. The van der Waals surface area contributed by atoms with Gasteiger partial charge in [-0.1, -0.05) is 75.7 Å². The SMILES string of the molecule is C=CCN(CC=C)c1nc(N2CCCCC2)nc(N(CCCCCCCCCCCCN(c2nc(N(CC=C)CC=C)nc(N3CCCCC3)n2)C2CC(C)(C)NC(C)(C)C2)C2CC(C)(C)NC(C)(C)C2)n1. The van der Waals surface area contributed by atoms with E-state index in [0.29, 0.717) is 38.3 Å². The second-order valence-corrected chi connectivity index (χ2v) is 24.4. The van der Waals surface area contributed by atoms with Gasteiger partial charge in [-0.05, 0) is 132 Å². The molecule has 0 radical (unpaired) electrons. The summed E-state index contributed by atoms with van der Waals surface area (Å²) in [7, 11) is 0. The van der Waals surface area contributed by atoms with Crippen LogP contribution in [0, 0.1) is 0 Å². The van der Waals surface area contributed by atoms with Gasteiger partial charge >= 0.3 is 0 Å². The number of hydrogen-bond acceptors (Lipinski definition) is 14. The van der Waals surface area contributed by atoms with Crippen LogP contribution in [0.4, 0.5) is 35.7 Å². The highest BCUT2D eigenvalue weighted by molar-refractivity contribution is 5.50. The molecular weight excluding hydrogens is 893 g/mol. The van der Waals surface area contributed by atoms with Gasteiger partial charge in [0.25, 0.3) is 0 Å². The van der Waals surface area contributed by atoms with Crippen molar-refractivity contribution in [3.05, 3.63) is 50.6 Å². The van der Waals surface area contributed by atoms with Gasteiger partial charge in [-0.25, -0.2) is 0 Å². The van der Waals surface area contributed by atoms with Gasteiger partial charge < -0.3 is 40.0 Å². The van der Waals surface area contributed by atoms with Crippen molar-refractivity contribution in [1.29, 1.82) is 0 Å². The number of piperidine rings is 4. The third-order valence-corrected chi connectivity index (χ3v) is 15.2. The normalized spacial score (nSPS) is 19.9. The molecule has 0 amide bonds. The number of unbranched alkanes of at least 4 members (excludes halogenated alkanes) is 9. The van der Waals surface area contributed by atoms with Gasteiger partial charge in [-0.15, -0.1) is 26.3 Å². The summed E-state index contributed by atoms with van der Waals surface area (Å²) in [6, 6.07) is 0.639. The van der Waals surface area contributed by atoms with E-state index in [-0.39, 0.29) is 22.2 Å². The molecule has 4 aliphatic rings. The van der Waals surface area contributed by atoms with Crippen molar-refractivity contribution < 1.29 is 0 Å². The Labute approximate surface area is 438 Å². The van der Waals surface area contributed by atoms with Crippen molar-refractivity contribution in [2.24, 2.45) is 0 Å². The maximum Gasteiger partial charge on any atom is 0.232 e. The third kappa shape index (κ3) is 17.1. The molecule has 0 unspecified atom stereocenters. The summed E-state index contributed by atoms with van der Waals surface area (Å²) in [4.78, 5) is 45.6. The van der Waals surface area contributed by atoms with Crippen molar-refractivity contribution >= 4 is 35.7 Å². The molecule has 6 rings (SSSR count). The lowest BCUT2D eigenvalue weighted by Crippen LogP contribution is -2.62. The van der Waals surface area contributed by atoms with Gasteiger partial charge in [0, 0.05) is 99.7 Å². The fourth-order valence-corrected chi connectivity index (χ4v) is 12.6. The van der Waals surface area contributed by atoms with Crippen molar-refractivity contribution in [3.63, 3.8) is 0 Å². The molecular formula is C58H100N14. The molecule has 6 heterocycles. The van der Waals surface area contributed by atoms with E-state index >= 15 is 0 Å². The monoisotopic (exact) mass is 993 g/mol. The fraction of sp³-hybridized carbons (Fsp3) is 0.759. The largest absolute Gasteiger partial charge is 0.341 e. The second-order valence-electron chi connectivity index (χ2n) is 24.4. The molecule has 0 spiro atoms. The van der Waals surface area contributed by atoms with Gasteiger partial charge in [0.15, 0.2) is 0 Å². The molecule has 2 N–H and O–H groups in total. The number of anilines is 6.